The molecular weight excluding hydrogens is 390 g/mol. The molecule has 8 nitrogen and oxygen atoms in total. The largest absolute Gasteiger partial charge is 0.345 e. The van der Waals surface area contributed by atoms with Crippen LogP contribution in [0, 0.1) is 0 Å². The first-order chi connectivity index (χ1) is 14.0. The molecule has 4 aromatic rings. The fraction of sp³-hybridized carbons (Fsp3) is 0.350. The van der Waals surface area contributed by atoms with E-state index in [1.165, 1.54) is 0 Å². The summed E-state index contributed by atoms with van der Waals surface area (Å²) < 4.78 is 3.37. The normalized spacial score (nSPS) is 17.5. The van der Waals surface area contributed by atoms with Gasteiger partial charge in [0.2, 0.25) is 5.95 Å². The highest BCUT2D eigenvalue weighted by Gasteiger charge is 2.24. The van der Waals surface area contributed by atoms with Crippen LogP contribution in [0.25, 0.3) is 33.1 Å². The number of nitrogens with zero attached hydrogens (tertiary/aromatic N) is 5. The Balaban J connectivity index is 1.71. The summed E-state index contributed by atoms with van der Waals surface area (Å²) in [7, 11) is 3.64. The van der Waals surface area contributed by atoms with E-state index in [-0.39, 0.29) is 11.6 Å². The van der Waals surface area contributed by atoms with Crippen molar-refractivity contribution < 1.29 is 0 Å². The Kier molecular flexibility index (Phi) is 4.15. The molecule has 0 amide bonds. The number of aromatic nitrogens is 5. The molecule has 0 bridgehead atoms. The molecule has 5 rings (SSSR count). The summed E-state index contributed by atoms with van der Waals surface area (Å²) in [6, 6.07) is 4.09. The third-order valence-electron chi connectivity index (χ3n) is 5.68. The number of rotatable bonds is 2. The molecule has 1 aromatic carbocycles. The predicted octanol–water partition coefficient (Wildman–Crippen LogP) is 2.27. The van der Waals surface area contributed by atoms with Gasteiger partial charge in [-0.2, -0.15) is 10.1 Å². The average molecular weight is 412 g/mol. The standard InChI is InChI=1S/C20H22ClN7O/c1-11-8-22-6-7-28(11)20-24-18-16(19(29)27(20)3)13(9-23-18)12-4-5-15-14(17(12)21)10-26(2)25-15/h4-5,9-11,22-23H,6-8H2,1-3H3/t11-/m1/s1. The van der Waals surface area contributed by atoms with Gasteiger partial charge in [0.05, 0.1) is 15.9 Å². The number of anilines is 1. The molecule has 0 radical (unpaired) electrons. The van der Waals surface area contributed by atoms with Crippen LogP contribution in [0.15, 0.2) is 29.3 Å². The summed E-state index contributed by atoms with van der Waals surface area (Å²) in [5.41, 5.74) is 2.85. The third kappa shape index (κ3) is 2.74. The van der Waals surface area contributed by atoms with Gasteiger partial charge in [0, 0.05) is 68.7 Å². The van der Waals surface area contributed by atoms with Gasteiger partial charge in [0.25, 0.3) is 5.56 Å². The fourth-order valence-electron chi connectivity index (χ4n) is 4.14. The lowest BCUT2D eigenvalue weighted by molar-refractivity contribution is 0.486. The van der Waals surface area contributed by atoms with E-state index < -0.39 is 0 Å². The van der Waals surface area contributed by atoms with Gasteiger partial charge in [-0.1, -0.05) is 17.7 Å². The highest BCUT2D eigenvalue weighted by molar-refractivity contribution is 6.38. The van der Waals surface area contributed by atoms with Crippen molar-refractivity contribution in [1.82, 2.24) is 29.6 Å². The van der Waals surface area contributed by atoms with Gasteiger partial charge in [-0.15, -0.1) is 0 Å². The van der Waals surface area contributed by atoms with Crippen molar-refractivity contribution in [2.75, 3.05) is 24.5 Å². The average Bonchev–Trinajstić information content (AvgIpc) is 3.29. The molecule has 0 saturated carbocycles. The highest BCUT2D eigenvalue weighted by Crippen LogP contribution is 2.36. The molecule has 29 heavy (non-hydrogen) atoms. The Morgan fingerprint density at radius 1 is 1.24 bits per heavy atom. The van der Waals surface area contributed by atoms with Crippen LogP contribution in [0.5, 0.6) is 0 Å². The fourth-order valence-corrected chi connectivity index (χ4v) is 4.45. The molecule has 150 valence electrons. The zero-order valence-electron chi connectivity index (χ0n) is 16.5. The second-order valence-electron chi connectivity index (χ2n) is 7.61. The van der Waals surface area contributed by atoms with E-state index in [1.807, 2.05) is 31.6 Å². The summed E-state index contributed by atoms with van der Waals surface area (Å²) in [5, 5.41) is 9.75. The smallest absolute Gasteiger partial charge is 0.264 e. The van der Waals surface area contributed by atoms with Crippen molar-refractivity contribution in [3.8, 4) is 11.1 Å². The van der Waals surface area contributed by atoms with Crippen LogP contribution in [-0.2, 0) is 14.1 Å². The number of nitrogens with one attached hydrogen (secondary N) is 2. The summed E-state index contributed by atoms with van der Waals surface area (Å²) in [4.78, 5) is 23.5. The van der Waals surface area contributed by atoms with Gasteiger partial charge in [-0.3, -0.25) is 14.0 Å². The minimum atomic E-state index is -0.0886. The first-order valence-electron chi connectivity index (χ1n) is 9.63. The topological polar surface area (TPSA) is 83.8 Å². The molecule has 1 atom stereocenters. The van der Waals surface area contributed by atoms with E-state index >= 15 is 0 Å². The summed E-state index contributed by atoms with van der Waals surface area (Å²) >= 11 is 6.70. The summed E-state index contributed by atoms with van der Waals surface area (Å²) in [6.07, 6.45) is 3.70. The van der Waals surface area contributed by atoms with E-state index in [2.05, 4.69) is 27.2 Å². The molecule has 3 aromatic heterocycles. The van der Waals surface area contributed by atoms with Crippen LogP contribution in [0.1, 0.15) is 6.92 Å². The lowest BCUT2D eigenvalue weighted by Gasteiger charge is -2.35. The van der Waals surface area contributed by atoms with Crippen molar-refractivity contribution in [3.63, 3.8) is 0 Å². The number of aryl methyl sites for hydroxylation is 1. The third-order valence-corrected chi connectivity index (χ3v) is 6.08. The molecule has 1 fully saturated rings. The molecule has 1 aliphatic rings. The number of hydrogen-bond donors (Lipinski definition) is 2. The van der Waals surface area contributed by atoms with Gasteiger partial charge in [-0.05, 0) is 13.0 Å². The number of H-pyrrole nitrogens is 1. The summed E-state index contributed by atoms with van der Waals surface area (Å²) in [5.74, 6) is 0.679. The molecule has 1 aliphatic heterocycles. The lowest BCUT2D eigenvalue weighted by atomic mass is 10.0. The Bertz CT molecular complexity index is 1300. The van der Waals surface area contributed by atoms with E-state index in [0.29, 0.717) is 22.0 Å². The number of halogens is 1. The Morgan fingerprint density at radius 2 is 2.07 bits per heavy atom. The molecule has 2 N–H and O–H groups in total. The number of hydrogen-bond acceptors (Lipinski definition) is 5. The van der Waals surface area contributed by atoms with Crippen molar-refractivity contribution in [1.29, 1.82) is 0 Å². The van der Waals surface area contributed by atoms with Gasteiger partial charge in [-0.25, -0.2) is 0 Å². The first-order valence-corrected chi connectivity index (χ1v) is 10.0. The molecule has 0 aliphatic carbocycles. The van der Waals surface area contributed by atoms with Crippen LogP contribution in [-0.4, -0.2) is 50.0 Å². The molecule has 4 heterocycles. The maximum atomic E-state index is 13.3. The number of piperazine rings is 1. The van der Waals surface area contributed by atoms with E-state index in [4.69, 9.17) is 16.6 Å². The molecule has 1 saturated heterocycles. The monoisotopic (exact) mass is 411 g/mol. The maximum Gasteiger partial charge on any atom is 0.264 e. The zero-order chi connectivity index (χ0) is 20.3. The molecule has 0 spiro atoms. The summed E-state index contributed by atoms with van der Waals surface area (Å²) in [6.45, 7) is 4.68. The minimum Gasteiger partial charge on any atom is -0.345 e. The first kappa shape index (κ1) is 18.2. The Hall–Kier alpha value is -2.84. The van der Waals surface area contributed by atoms with Crippen LogP contribution >= 0.6 is 11.6 Å². The van der Waals surface area contributed by atoms with Gasteiger partial charge in [0.1, 0.15) is 5.65 Å². The Labute approximate surface area is 172 Å². The second kappa shape index (κ2) is 6.60. The van der Waals surface area contributed by atoms with Gasteiger partial charge < -0.3 is 15.2 Å². The van der Waals surface area contributed by atoms with Crippen LogP contribution in [0.2, 0.25) is 5.02 Å². The number of aromatic amines is 1. The SMILES string of the molecule is C[C@@H]1CNCCN1c1nc2[nH]cc(-c3ccc4nn(C)cc4c3Cl)c2c(=O)n1C. The lowest BCUT2D eigenvalue weighted by Crippen LogP contribution is -2.51. The van der Waals surface area contributed by atoms with Crippen LogP contribution < -0.4 is 15.8 Å². The van der Waals surface area contributed by atoms with Crippen LogP contribution in [0.3, 0.4) is 0 Å². The molecule has 0 unspecified atom stereocenters. The van der Waals surface area contributed by atoms with E-state index in [9.17, 15) is 4.79 Å². The predicted molar refractivity (Wildman–Crippen MR) is 116 cm³/mol. The van der Waals surface area contributed by atoms with Crippen molar-refractivity contribution in [2.45, 2.75) is 13.0 Å². The molecular formula is C20H22ClN7O. The molecule has 9 heteroatoms. The zero-order valence-corrected chi connectivity index (χ0v) is 17.3. The maximum absolute atomic E-state index is 13.3. The number of benzene rings is 1. The highest BCUT2D eigenvalue weighted by atomic mass is 35.5. The van der Waals surface area contributed by atoms with Crippen molar-refractivity contribution in [2.24, 2.45) is 14.1 Å². The van der Waals surface area contributed by atoms with E-state index in [0.717, 1.165) is 41.7 Å². The van der Waals surface area contributed by atoms with Gasteiger partial charge >= 0.3 is 0 Å². The minimum absolute atomic E-state index is 0.0886. The number of fused-ring (bicyclic) bond motifs is 2. The second-order valence-corrected chi connectivity index (χ2v) is 7.99. The quantitative estimate of drug-likeness (QED) is 0.528. The van der Waals surface area contributed by atoms with Crippen molar-refractivity contribution >= 4 is 39.5 Å². The van der Waals surface area contributed by atoms with Crippen molar-refractivity contribution in [3.05, 3.63) is 39.9 Å². The van der Waals surface area contributed by atoms with Gasteiger partial charge in [0.15, 0.2) is 0 Å². The van der Waals surface area contributed by atoms with E-state index in [1.54, 1.807) is 16.3 Å². The van der Waals surface area contributed by atoms with Crippen LogP contribution in [0.4, 0.5) is 5.95 Å². The Morgan fingerprint density at radius 3 is 2.86 bits per heavy atom.